The number of halogens is 1. The van der Waals surface area contributed by atoms with Crippen LogP contribution in [0.1, 0.15) is 23.1 Å². The second-order valence-corrected chi connectivity index (χ2v) is 5.87. The number of aryl methyl sites for hydroxylation is 2. The van der Waals surface area contributed by atoms with Gasteiger partial charge in [0.1, 0.15) is 0 Å². The molecular formula is C17H18ClNO2. The summed E-state index contributed by atoms with van der Waals surface area (Å²) in [7, 11) is 0. The van der Waals surface area contributed by atoms with E-state index in [1.807, 2.05) is 0 Å². The van der Waals surface area contributed by atoms with Crippen LogP contribution in [0.3, 0.4) is 0 Å². The summed E-state index contributed by atoms with van der Waals surface area (Å²) in [6.45, 7) is 2.08. The Labute approximate surface area is 129 Å². The maximum Gasteiger partial charge on any atom is 0.269 e. The lowest BCUT2D eigenvalue weighted by Gasteiger charge is -2.10. The maximum absolute atomic E-state index is 10.6. The number of hydrogen-bond donors (Lipinski definition) is 0. The van der Waals surface area contributed by atoms with Gasteiger partial charge in [-0.15, -0.1) is 11.6 Å². The summed E-state index contributed by atoms with van der Waals surface area (Å²) in [4.78, 5) is 10.2. The third kappa shape index (κ3) is 4.87. The molecule has 21 heavy (non-hydrogen) atoms. The average molecular weight is 304 g/mol. The van der Waals surface area contributed by atoms with Crippen LogP contribution in [0.5, 0.6) is 0 Å². The van der Waals surface area contributed by atoms with E-state index in [1.165, 1.54) is 23.3 Å². The molecule has 0 fully saturated rings. The number of rotatable bonds is 6. The molecule has 2 aromatic carbocycles. The van der Waals surface area contributed by atoms with Crippen molar-refractivity contribution in [1.29, 1.82) is 0 Å². The van der Waals surface area contributed by atoms with E-state index >= 15 is 0 Å². The Balaban J connectivity index is 1.86. The number of nitro groups is 1. The quantitative estimate of drug-likeness (QED) is 0.441. The first kappa shape index (κ1) is 15.5. The van der Waals surface area contributed by atoms with Crippen LogP contribution in [0.4, 0.5) is 5.69 Å². The van der Waals surface area contributed by atoms with Crippen molar-refractivity contribution in [2.75, 3.05) is 0 Å². The van der Waals surface area contributed by atoms with Crippen LogP contribution in [0.2, 0.25) is 0 Å². The molecular weight excluding hydrogens is 286 g/mol. The van der Waals surface area contributed by atoms with Gasteiger partial charge in [0.15, 0.2) is 0 Å². The lowest BCUT2D eigenvalue weighted by molar-refractivity contribution is -0.384. The Morgan fingerprint density at radius 3 is 2.48 bits per heavy atom. The molecule has 0 heterocycles. The molecule has 0 bridgehead atoms. The SMILES string of the molecule is Cc1cccc(CCC(Cl)Cc2ccc([N+](=O)[O-])cc2)c1. The predicted octanol–water partition coefficient (Wildman–Crippen LogP) is 4.69. The monoisotopic (exact) mass is 303 g/mol. The van der Waals surface area contributed by atoms with Crippen molar-refractivity contribution in [3.05, 3.63) is 75.3 Å². The zero-order chi connectivity index (χ0) is 15.2. The van der Waals surface area contributed by atoms with Gasteiger partial charge < -0.3 is 0 Å². The molecule has 0 aromatic heterocycles. The van der Waals surface area contributed by atoms with Crippen molar-refractivity contribution in [3.8, 4) is 0 Å². The third-order valence-electron chi connectivity index (χ3n) is 3.43. The van der Waals surface area contributed by atoms with Gasteiger partial charge in [0, 0.05) is 17.5 Å². The standard InChI is InChI=1S/C17H18ClNO2/c1-13-3-2-4-14(11-13)5-8-16(18)12-15-6-9-17(10-7-15)19(20)21/h2-4,6-7,9-11,16H,5,8,12H2,1H3. The lowest BCUT2D eigenvalue weighted by atomic mass is 10.0. The second kappa shape index (κ2) is 7.23. The second-order valence-electron chi connectivity index (χ2n) is 5.25. The molecule has 0 aliphatic heterocycles. The molecule has 0 aliphatic rings. The number of nitrogens with zero attached hydrogens (tertiary/aromatic N) is 1. The van der Waals surface area contributed by atoms with E-state index < -0.39 is 0 Å². The largest absolute Gasteiger partial charge is 0.269 e. The highest BCUT2D eigenvalue weighted by Crippen LogP contribution is 2.18. The molecule has 0 aliphatic carbocycles. The van der Waals surface area contributed by atoms with E-state index in [0.717, 1.165) is 24.8 Å². The highest BCUT2D eigenvalue weighted by atomic mass is 35.5. The van der Waals surface area contributed by atoms with Gasteiger partial charge in [-0.1, -0.05) is 42.0 Å². The summed E-state index contributed by atoms with van der Waals surface area (Å²) < 4.78 is 0. The van der Waals surface area contributed by atoms with Crippen LogP contribution in [0.25, 0.3) is 0 Å². The molecule has 0 saturated heterocycles. The minimum absolute atomic E-state index is 0.0342. The molecule has 110 valence electrons. The maximum atomic E-state index is 10.6. The minimum atomic E-state index is -0.389. The fourth-order valence-electron chi connectivity index (χ4n) is 2.30. The van der Waals surface area contributed by atoms with Crippen molar-refractivity contribution < 1.29 is 4.92 Å². The van der Waals surface area contributed by atoms with Crippen LogP contribution in [0.15, 0.2) is 48.5 Å². The molecule has 1 atom stereocenters. The van der Waals surface area contributed by atoms with Gasteiger partial charge in [0.25, 0.3) is 5.69 Å². The first-order chi connectivity index (χ1) is 10.0. The molecule has 0 radical (unpaired) electrons. The smallest absolute Gasteiger partial charge is 0.258 e. The van der Waals surface area contributed by atoms with E-state index in [9.17, 15) is 10.1 Å². The van der Waals surface area contributed by atoms with E-state index in [-0.39, 0.29) is 16.0 Å². The number of nitro benzene ring substituents is 1. The van der Waals surface area contributed by atoms with Gasteiger partial charge in [-0.05, 0) is 37.3 Å². The van der Waals surface area contributed by atoms with Crippen LogP contribution < -0.4 is 0 Å². The zero-order valence-electron chi connectivity index (χ0n) is 12.0. The summed E-state index contributed by atoms with van der Waals surface area (Å²) in [6.07, 6.45) is 2.57. The Morgan fingerprint density at radius 2 is 1.86 bits per heavy atom. The Hall–Kier alpha value is -1.87. The highest BCUT2D eigenvalue weighted by Gasteiger charge is 2.09. The molecule has 1 unspecified atom stereocenters. The number of non-ortho nitro benzene ring substituents is 1. The van der Waals surface area contributed by atoms with Crippen LogP contribution in [-0.4, -0.2) is 10.3 Å². The van der Waals surface area contributed by atoms with Gasteiger partial charge in [0.05, 0.1) is 4.92 Å². The number of alkyl halides is 1. The van der Waals surface area contributed by atoms with Crippen molar-refractivity contribution in [3.63, 3.8) is 0 Å². The van der Waals surface area contributed by atoms with E-state index in [2.05, 4.69) is 31.2 Å². The Bertz CT molecular complexity index is 610. The highest BCUT2D eigenvalue weighted by molar-refractivity contribution is 6.20. The normalized spacial score (nSPS) is 12.1. The topological polar surface area (TPSA) is 43.1 Å². The molecule has 2 aromatic rings. The predicted molar refractivity (Wildman–Crippen MR) is 85.9 cm³/mol. The summed E-state index contributed by atoms with van der Waals surface area (Å²) in [5.41, 5.74) is 3.70. The van der Waals surface area contributed by atoms with Crippen molar-refractivity contribution in [1.82, 2.24) is 0 Å². The lowest BCUT2D eigenvalue weighted by Crippen LogP contribution is -2.05. The fourth-order valence-corrected chi connectivity index (χ4v) is 2.59. The van der Waals surface area contributed by atoms with E-state index in [4.69, 9.17) is 11.6 Å². The minimum Gasteiger partial charge on any atom is -0.258 e. The molecule has 0 saturated carbocycles. The van der Waals surface area contributed by atoms with Gasteiger partial charge in [-0.2, -0.15) is 0 Å². The molecule has 3 nitrogen and oxygen atoms in total. The van der Waals surface area contributed by atoms with E-state index in [0.29, 0.717) is 0 Å². The molecule has 0 N–H and O–H groups in total. The fraction of sp³-hybridized carbons (Fsp3) is 0.294. The summed E-state index contributed by atoms with van der Waals surface area (Å²) in [5.74, 6) is 0. The third-order valence-corrected chi connectivity index (χ3v) is 3.81. The van der Waals surface area contributed by atoms with Gasteiger partial charge in [-0.25, -0.2) is 0 Å². The van der Waals surface area contributed by atoms with Gasteiger partial charge in [-0.3, -0.25) is 10.1 Å². The zero-order valence-corrected chi connectivity index (χ0v) is 12.7. The van der Waals surface area contributed by atoms with E-state index in [1.54, 1.807) is 12.1 Å². The average Bonchev–Trinajstić information content (AvgIpc) is 2.46. The molecule has 4 heteroatoms. The molecule has 2 rings (SSSR count). The van der Waals surface area contributed by atoms with Crippen LogP contribution in [0, 0.1) is 17.0 Å². The van der Waals surface area contributed by atoms with Crippen LogP contribution in [-0.2, 0) is 12.8 Å². The van der Waals surface area contributed by atoms with Gasteiger partial charge >= 0.3 is 0 Å². The molecule has 0 spiro atoms. The van der Waals surface area contributed by atoms with Gasteiger partial charge in [0.2, 0.25) is 0 Å². The van der Waals surface area contributed by atoms with Crippen LogP contribution >= 0.6 is 11.6 Å². The summed E-state index contributed by atoms with van der Waals surface area (Å²) in [6, 6.07) is 15.0. The number of benzene rings is 2. The first-order valence-corrected chi connectivity index (χ1v) is 7.41. The number of hydrogen-bond acceptors (Lipinski definition) is 2. The summed E-state index contributed by atoms with van der Waals surface area (Å²) in [5, 5.41) is 10.6. The first-order valence-electron chi connectivity index (χ1n) is 6.97. The Morgan fingerprint density at radius 1 is 1.14 bits per heavy atom. The summed E-state index contributed by atoms with van der Waals surface area (Å²) >= 11 is 6.37. The molecule has 0 amide bonds. The van der Waals surface area contributed by atoms with Crippen molar-refractivity contribution >= 4 is 17.3 Å². The Kier molecular flexibility index (Phi) is 5.34. The van der Waals surface area contributed by atoms with Crippen molar-refractivity contribution in [2.24, 2.45) is 0 Å². The van der Waals surface area contributed by atoms with Crippen molar-refractivity contribution in [2.45, 2.75) is 31.6 Å².